The van der Waals surface area contributed by atoms with Crippen LogP contribution in [-0.2, 0) is 16.1 Å². The first-order chi connectivity index (χ1) is 12.6. The van der Waals surface area contributed by atoms with Crippen molar-refractivity contribution in [3.05, 3.63) is 59.8 Å². The number of hydrogen-bond acceptors (Lipinski definition) is 3. The first-order valence-corrected chi connectivity index (χ1v) is 9.07. The highest BCUT2D eigenvalue weighted by Gasteiger charge is 2.31. The van der Waals surface area contributed by atoms with E-state index in [1.54, 1.807) is 11.1 Å². The number of anilines is 1. The van der Waals surface area contributed by atoms with Crippen molar-refractivity contribution in [3.63, 3.8) is 0 Å². The lowest BCUT2D eigenvalue weighted by atomic mass is 9.75. The summed E-state index contributed by atoms with van der Waals surface area (Å²) in [4.78, 5) is 29.4. The Balaban J connectivity index is 1.76. The van der Waals surface area contributed by atoms with Crippen molar-refractivity contribution >= 4 is 17.7 Å². The number of aromatic nitrogens is 1. The van der Waals surface area contributed by atoms with Gasteiger partial charge in [-0.2, -0.15) is 0 Å². The number of rotatable bonds is 5. The number of pyridine rings is 1. The zero-order valence-electron chi connectivity index (χ0n) is 15.0. The quantitative estimate of drug-likeness (QED) is 0.883. The Morgan fingerprint density at radius 3 is 2.46 bits per heavy atom. The fourth-order valence-electron chi connectivity index (χ4n) is 3.75. The third-order valence-electron chi connectivity index (χ3n) is 5.14. The van der Waals surface area contributed by atoms with E-state index < -0.39 is 5.97 Å². The minimum Gasteiger partial charge on any atom is -0.481 e. The van der Waals surface area contributed by atoms with Crippen LogP contribution in [0.5, 0.6) is 0 Å². The van der Waals surface area contributed by atoms with Crippen LogP contribution in [0.1, 0.15) is 49.7 Å². The smallest absolute Gasteiger partial charge is 0.307 e. The second kappa shape index (κ2) is 8.13. The number of carboxylic acid groups (broad SMARTS) is 1. The molecule has 1 fully saturated rings. The van der Waals surface area contributed by atoms with Crippen LogP contribution in [0.4, 0.5) is 5.82 Å². The fraction of sp³-hybridized carbons (Fsp3) is 0.381. The lowest BCUT2D eigenvalue weighted by molar-refractivity contribution is -0.143. The molecule has 2 unspecified atom stereocenters. The Labute approximate surface area is 153 Å². The summed E-state index contributed by atoms with van der Waals surface area (Å²) in [6, 6.07) is 13.5. The molecule has 1 saturated carbocycles. The van der Waals surface area contributed by atoms with Gasteiger partial charge in [-0.25, -0.2) is 4.98 Å². The molecular formula is C21H24N2O3. The molecular weight excluding hydrogens is 328 g/mol. The van der Waals surface area contributed by atoms with E-state index in [0.29, 0.717) is 12.4 Å². The Kier molecular flexibility index (Phi) is 5.66. The summed E-state index contributed by atoms with van der Waals surface area (Å²) < 4.78 is 0. The minimum atomic E-state index is -0.698. The maximum atomic E-state index is 12.0. The average Bonchev–Trinajstić information content (AvgIpc) is 2.67. The van der Waals surface area contributed by atoms with Crippen molar-refractivity contribution in [2.24, 2.45) is 5.92 Å². The van der Waals surface area contributed by atoms with E-state index in [0.717, 1.165) is 36.8 Å². The third-order valence-corrected chi connectivity index (χ3v) is 5.14. The van der Waals surface area contributed by atoms with Gasteiger partial charge in [0, 0.05) is 13.1 Å². The maximum absolute atomic E-state index is 12.0. The van der Waals surface area contributed by atoms with Crippen LogP contribution in [0.3, 0.4) is 0 Å². The van der Waals surface area contributed by atoms with Gasteiger partial charge in [-0.3, -0.25) is 14.5 Å². The molecule has 1 aromatic carbocycles. The normalized spacial score (nSPS) is 19.7. The number of carbonyl (C=O) groups excluding carboxylic acids is 1. The molecule has 5 heteroatoms. The van der Waals surface area contributed by atoms with Crippen LogP contribution in [0.15, 0.2) is 48.7 Å². The van der Waals surface area contributed by atoms with Gasteiger partial charge in [0.15, 0.2) is 0 Å². The molecule has 0 saturated heterocycles. The molecule has 2 aromatic rings. The molecule has 1 aliphatic rings. The van der Waals surface area contributed by atoms with E-state index >= 15 is 0 Å². The molecule has 3 rings (SSSR count). The molecule has 136 valence electrons. The number of benzene rings is 1. The summed E-state index contributed by atoms with van der Waals surface area (Å²) in [5.74, 6) is -0.350. The first-order valence-electron chi connectivity index (χ1n) is 9.07. The van der Waals surface area contributed by atoms with Crippen LogP contribution in [-0.4, -0.2) is 22.0 Å². The molecule has 1 aliphatic carbocycles. The summed E-state index contributed by atoms with van der Waals surface area (Å²) >= 11 is 0. The monoisotopic (exact) mass is 352 g/mol. The van der Waals surface area contributed by atoms with Crippen LogP contribution >= 0.6 is 0 Å². The van der Waals surface area contributed by atoms with Crippen LogP contribution in [0.2, 0.25) is 0 Å². The Hall–Kier alpha value is -2.69. The molecule has 0 bridgehead atoms. The highest BCUT2D eigenvalue weighted by molar-refractivity contribution is 5.90. The van der Waals surface area contributed by atoms with E-state index in [1.165, 1.54) is 6.92 Å². The van der Waals surface area contributed by atoms with Gasteiger partial charge in [-0.15, -0.1) is 0 Å². The molecule has 0 radical (unpaired) electrons. The van der Waals surface area contributed by atoms with Crippen molar-refractivity contribution < 1.29 is 14.7 Å². The summed E-state index contributed by atoms with van der Waals surface area (Å²) in [6.45, 7) is 1.97. The Morgan fingerprint density at radius 2 is 1.85 bits per heavy atom. The van der Waals surface area contributed by atoms with Gasteiger partial charge in [0.25, 0.3) is 0 Å². The van der Waals surface area contributed by atoms with Gasteiger partial charge in [0.1, 0.15) is 5.82 Å². The molecule has 0 spiro atoms. The predicted octanol–water partition coefficient (Wildman–Crippen LogP) is 3.99. The van der Waals surface area contributed by atoms with Crippen molar-refractivity contribution in [3.8, 4) is 0 Å². The number of amides is 1. The number of aliphatic carboxylic acids is 1. The molecule has 1 aromatic heterocycles. The summed E-state index contributed by atoms with van der Waals surface area (Å²) in [5.41, 5.74) is 2.07. The van der Waals surface area contributed by atoms with Gasteiger partial charge in [0.2, 0.25) is 5.91 Å². The zero-order chi connectivity index (χ0) is 18.5. The molecule has 1 N–H and O–H groups in total. The first kappa shape index (κ1) is 18.1. The highest BCUT2D eigenvalue weighted by Crippen LogP contribution is 2.38. The van der Waals surface area contributed by atoms with Crippen molar-refractivity contribution in [1.29, 1.82) is 0 Å². The van der Waals surface area contributed by atoms with Crippen LogP contribution < -0.4 is 4.90 Å². The Bertz CT molecular complexity index is 759. The van der Waals surface area contributed by atoms with E-state index in [-0.39, 0.29) is 17.7 Å². The van der Waals surface area contributed by atoms with E-state index in [1.807, 2.05) is 42.5 Å². The van der Waals surface area contributed by atoms with Crippen molar-refractivity contribution in [2.45, 2.75) is 45.1 Å². The van der Waals surface area contributed by atoms with Gasteiger partial charge >= 0.3 is 5.97 Å². The summed E-state index contributed by atoms with van der Waals surface area (Å²) in [7, 11) is 0. The van der Waals surface area contributed by atoms with Gasteiger partial charge in [-0.1, -0.05) is 43.2 Å². The second-order valence-corrected chi connectivity index (χ2v) is 6.87. The molecule has 0 aliphatic heterocycles. The van der Waals surface area contributed by atoms with Crippen LogP contribution in [0, 0.1) is 5.92 Å². The highest BCUT2D eigenvalue weighted by atomic mass is 16.4. The number of carboxylic acids is 1. The predicted molar refractivity (Wildman–Crippen MR) is 99.9 cm³/mol. The standard InChI is InChI=1S/C21H24N2O3/c1-15(24)23(20-8-4-5-13-22-20)14-16-9-11-17(12-10-16)18-6-2-3-7-19(18)21(25)26/h4-5,8-13,18-19H,2-3,6-7,14H2,1H3,(H,25,26). The SMILES string of the molecule is CC(=O)N(Cc1ccc(C2CCCCC2C(=O)O)cc1)c1ccccn1. The molecule has 26 heavy (non-hydrogen) atoms. The molecule has 2 atom stereocenters. The molecule has 1 amide bonds. The lowest BCUT2D eigenvalue weighted by Gasteiger charge is -2.29. The number of hydrogen-bond donors (Lipinski definition) is 1. The number of nitrogens with zero attached hydrogens (tertiary/aromatic N) is 2. The second-order valence-electron chi connectivity index (χ2n) is 6.87. The van der Waals surface area contributed by atoms with Gasteiger partial charge in [-0.05, 0) is 42.0 Å². The van der Waals surface area contributed by atoms with Crippen molar-refractivity contribution in [1.82, 2.24) is 4.98 Å². The van der Waals surface area contributed by atoms with E-state index in [4.69, 9.17) is 0 Å². The fourth-order valence-corrected chi connectivity index (χ4v) is 3.75. The molecule has 5 nitrogen and oxygen atoms in total. The largest absolute Gasteiger partial charge is 0.481 e. The van der Waals surface area contributed by atoms with Crippen molar-refractivity contribution in [2.75, 3.05) is 4.90 Å². The maximum Gasteiger partial charge on any atom is 0.307 e. The van der Waals surface area contributed by atoms with Gasteiger partial charge < -0.3 is 5.11 Å². The Morgan fingerprint density at radius 1 is 1.12 bits per heavy atom. The van der Waals surface area contributed by atoms with E-state index in [2.05, 4.69) is 4.98 Å². The third kappa shape index (κ3) is 4.10. The lowest BCUT2D eigenvalue weighted by Crippen LogP contribution is -2.28. The number of carbonyl (C=O) groups is 2. The summed E-state index contributed by atoms with van der Waals surface area (Å²) in [6.07, 6.45) is 5.41. The van der Waals surface area contributed by atoms with Crippen LogP contribution in [0.25, 0.3) is 0 Å². The zero-order valence-corrected chi connectivity index (χ0v) is 15.0. The van der Waals surface area contributed by atoms with E-state index in [9.17, 15) is 14.7 Å². The van der Waals surface area contributed by atoms with Gasteiger partial charge in [0.05, 0.1) is 12.5 Å². The topological polar surface area (TPSA) is 70.5 Å². The molecule has 1 heterocycles. The minimum absolute atomic E-state index is 0.0639. The average molecular weight is 352 g/mol. The summed E-state index contributed by atoms with van der Waals surface area (Å²) in [5, 5.41) is 9.48.